The fourth-order valence-corrected chi connectivity index (χ4v) is 3.48. The number of urea groups is 1. The topological polar surface area (TPSA) is 101 Å². The Morgan fingerprint density at radius 3 is 2.41 bits per heavy atom. The average Bonchev–Trinajstić information content (AvgIpc) is 2.82. The number of aryl methyl sites for hydroxylation is 1. The summed E-state index contributed by atoms with van der Waals surface area (Å²) in [7, 11) is 0. The highest BCUT2D eigenvalue weighted by atomic mass is 16.5. The van der Waals surface area contributed by atoms with Crippen molar-refractivity contribution < 1.29 is 19.0 Å². The summed E-state index contributed by atoms with van der Waals surface area (Å²) in [4.78, 5) is 25.9. The number of carbonyl (C=O) groups is 1. The lowest BCUT2D eigenvalue weighted by atomic mass is 10.2. The number of morpholine rings is 2. The van der Waals surface area contributed by atoms with E-state index in [-0.39, 0.29) is 6.03 Å². The molecule has 2 aliphatic rings. The maximum atomic E-state index is 12.5. The second-order valence-electron chi connectivity index (χ2n) is 7.74. The SMILES string of the molecule is Cc1ccc(NC(=O)Nc2cc(OCCN3CCOCC3)nc(N3CCOCC3)n2)cc1. The summed E-state index contributed by atoms with van der Waals surface area (Å²) in [5.74, 6) is 1.33. The zero-order valence-corrected chi connectivity index (χ0v) is 18.4. The highest BCUT2D eigenvalue weighted by molar-refractivity contribution is 5.99. The van der Waals surface area contributed by atoms with Gasteiger partial charge in [0.15, 0.2) is 0 Å². The van der Waals surface area contributed by atoms with Gasteiger partial charge in [0.2, 0.25) is 11.8 Å². The van der Waals surface area contributed by atoms with Gasteiger partial charge in [-0.2, -0.15) is 9.97 Å². The molecule has 0 aliphatic carbocycles. The zero-order chi connectivity index (χ0) is 22.2. The second kappa shape index (κ2) is 11.1. The minimum atomic E-state index is -0.375. The third-order valence-corrected chi connectivity index (χ3v) is 5.30. The second-order valence-corrected chi connectivity index (χ2v) is 7.74. The Morgan fingerprint density at radius 1 is 1.00 bits per heavy atom. The molecular formula is C22H30N6O4. The number of rotatable bonds is 7. The number of nitrogens with one attached hydrogen (secondary N) is 2. The number of benzene rings is 1. The number of aromatic nitrogens is 2. The van der Waals surface area contributed by atoms with Crippen LogP contribution in [0.2, 0.25) is 0 Å². The first-order chi connectivity index (χ1) is 15.7. The maximum Gasteiger partial charge on any atom is 0.324 e. The van der Waals surface area contributed by atoms with Gasteiger partial charge in [0.1, 0.15) is 12.4 Å². The van der Waals surface area contributed by atoms with E-state index in [1.54, 1.807) is 6.07 Å². The molecule has 10 heteroatoms. The van der Waals surface area contributed by atoms with Gasteiger partial charge in [-0.25, -0.2) is 4.79 Å². The molecule has 2 amide bonds. The van der Waals surface area contributed by atoms with E-state index in [2.05, 4.69) is 25.5 Å². The number of anilines is 3. The highest BCUT2D eigenvalue weighted by Crippen LogP contribution is 2.20. The average molecular weight is 443 g/mol. The van der Waals surface area contributed by atoms with Gasteiger partial charge in [0.25, 0.3) is 0 Å². The lowest BCUT2D eigenvalue weighted by Crippen LogP contribution is -2.39. The molecule has 0 bridgehead atoms. The van der Waals surface area contributed by atoms with E-state index in [4.69, 9.17) is 14.2 Å². The van der Waals surface area contributed by atoms with Crippen molar-refractivity contribution in [3.05, 3.63) is 35.9 Å². The van der Waals surface area contributed by atoms with Crippen molar-refractivity contribution in [2.75, 3.05) is 81.3 Å². The molecule has 2 fully saturated rings. The Kier molecular flexibility index (Phi) is 7.70. The summed E-state index contributed by atoms with van der Waals surface area (Å²) in [5.41, 5.74) is 1.83. The zero-order valence-electron chi connectivity index (χ0n) is 18.4. The molecule has 0 saturated carbocycles. The fraction of sp³-hybridized carbons (Fsp3) is 0.500. The molecule has 2 aliphatic heterocycles. The summed E-state index contributed by atoms with van der Waals surface area (Å²) < 4.78 is 16.7. The van der Waals surface area contributed by atoms with Crippen LogP contribution < -0.4 is 20.3 Å². The first-order valence-electron chi connectivity index (χ1n) is 10.9. The van der Waals surface area contributed by atoms with Crippen molar-refractivity contribution in [2.45, 2.75) is 6.92 Å². The summed E-state index contributed by atoms with van der Waals surface area (Å²) >= 11 is 0. The molecule has 0 atom stereocenters. The first kappa shape index (κ1) is 22.3. The quantitative estimate of drug-likeness (QED) is 0.671. The molecule has 1 aromatic carbocycles. The molecule has 32 heavy (non-hydrogen) atoms. The van der Waals surface area contributed by atoms with Crippen LogP contribution in [-0.2, 0) is 9.47 Å². The van der Waals surface area contributed by atoms with Crippen LogP contribution in [0.1, 0.15) is 5.56 Å². The molecule has 2 N–H and O–H groups in total. The molecule has 172 valence electrons. The van der Waals surface area contributed by atoms with Gasteiger partial charge < -0.3 is 24.4 Å². The minimum absolute atomic E-state index is 0.375. The largest absolute Gasteiger partial charge is 0.476 e. The van der Waals surface area contributed by atoms with E-state index >= 15 is 0 Å². The monoisotopic (exact) mass is 442 g/mol. The lowest BCUT2D eigenvalue weighted by Gasteiger charge is -2.28. The van der Waals surface area contributed by atoms with E-state index in [1.165, 1.54) is 0 Å². The van der Waals surface area contributed by atoms with Gasteiger partial charge in [-0.15, -0.1) is 0 Å². The molecule has 4 rings (SSSR count). The van der Waals surface area contributed by atoms with Crippen LogP contribution in [-0.4, -0.2) is 86.7 Å². The van der Waals surface area contributed by atoms with Gasteiger partial charge >= 0.3 is 6.03 Å². The Morgan fingerprint density at radius 2 is 1.69 bits per heavy atom. The Balaban J connectivity index is 1.42. The molecule has 0 unspecified atom stereocenters. The van der Waals surface area contributed by atoms with E-state index in [0.717, 1.165) is 38.4 Å². The summed E-state index contributed by atoms with van der Waals surface area (Å²) in [5, 5.41) is 5.62. The number of nitrogens with zero attached hydrogens (tertiary/aromatic N) is 4. The highest BCUT2D eigenvalue weighted by Gasteiger charge is 2.18. The molecule has 0 spiro atoms. The van der Waals surface area contributed by atoms with Gasteiger partial charge in [-0.3, -0.25) is 10.2 Å². The van der Waals surface area contributed by atoms with Crippen LogP contribution in [0.25, 0.3) is 0 Å². The van der Waals surface area contributed by atoms with E-state index in [1.807, 2.05) is 36.1 Å². The molecule has 2 aromatic rings. The van der Waals surface area contributed by atoms with Gasteiger partial charge in [0.05, 0.1) is 26.4 Å². The van der Waals surface area contributed by atoms with Crippen molar-refractivity contribution in [3.63, 3.8) is 0 Å². The van der Waals surface area contributed by atoms with Crippen molar-refractivity contribution in [3.8, 4) is 5.88 Å². The smallest absolute Gasteiger partial charge is 0.324 e. The van der Waals surface area contributed by atoms with Crippen LogP contribution >= 0.6 is 0 Å². The third-order valence-electron chi connectivity index (χ3n) is 5.30. The number of carbonyl (C=O) groups excluding carboxylic acids is 1. The molecular weight excluding hydrogens is 412 g/mol. The summed E-state index contributed by atoms with van der Waals surface area (Å²) in [6, 6.07) is 8.87. The molecule has 2 saturated heterocycles. The van der Waals surface area contributed by atoms with Crippen molar-refractivity contribution >= 4 is 23.5 Å². The summed E-state index contributed by atoms with van der Waals surface area (Å²) in [6.45, 7) is 9.18. The third kappa shape index (κ3) is 6.52. The summed E-state index contributed by atoms with van der Waals surface area (Å²) in [6.07, 6.45) is 0. The van der Waals surface area contributed by atoms with Crippen molar-refractivity contribution in [1.29, 1.82) is 0 Å². The predicted molar refractivity (Wildman–Crippen MR) is 122 cm³/mol. The van der Waals surface area contributed by atoms with Crippen molar-refractivity contribution in [1.82, 2.24) is 14.9 Å². The van der Waals surface area contributed by atoms with E-state index in [0.29, 0.717) is 56.2 Å². The predicted octanol–water partition coefficient (Wildman–Crippen LogP) is 1.98. The normalized spacial score (nSPS) is 17.1. The number of hydrogen-bond acceptors (Lipinski definition) is 8. The van der Waals surface area contributed by atoms with Gasteiger partial charge in [-0.1, -0.05) is 17.7 Å². The van der Waals surface area contributed by atoms with Crippen LogP contribution in [0.3, 0.4) is 0 Å². The molecule has 10 nitrogen and oxygen atoms in total. The van der Waals surface area contributed by atoms with Crippen molar-refractivity contribution in [2.24, 2.45) is 0 Å². The standard InChI is InChI=1S/C22H30N6O4/c1-17-2-4-18(5-3-17)23-22(29)25-19-16-20(32-15-8-27-6-11-30-12-7-27)26-21(24-19)28-9-13-31-14-10-28/h2-5,16H,6-15H2,1H3,(H2,23,24,25,26,29). The van der Waals surface area contributed by atoms with Crippen LogP contribution in [0.15, 0.2) is 30.3 Å². The van der Waals surface area contributed by atoms with Crippen LogP contribution in [0.5, 0.6) is 5.88 Å². The Hall–Kier alpha value is -2.95. The van der Waals surface area contributed by atoms with Gasteiger partial charge in [-0.05, 0) is 19.1 Å². The maximum absolute atomic E-state index is 12.5. The Bertz CT molecular complexity index is 882. The van der Waals surface area contributed by atoms with Gasteiger partial charge in [0, 0.05) is 44.5 Å². The van der Waals surface area contributed by atoms with E-state index < -0.39 is 0 Å². The molecule has 0 radical (unpaired) electrons. The number of ether oxygens (including phenoxy) is 3. The number of hydrogen-bond donors (Lipinski definition) is 2. The number of amides is 2. The lowest BCUT2D eigenvalue weighted by molar-refractivity contribution is 0.0320. The van der Waals surface area contributed by atoms with E-state index in [9.17, 15) is 4.79 Å². The minimum Gasteiger partial charge on any atom is -0.476 e. The van der Waals surface area contributed by atoms with Crippen LogP contribution in [0.4, 0.5) is 22.2 Å². The fourth-order valence-electron chi connectivity index (χ4n) is 3.48. The molecule has 3 heterocycles. The molecule has 1 aromatic heterocycles. The first-order valence-corrected chi connectivity index (χ1v) is 10.9. The van der Waals surface area contributed by atoms with Crippen LogP contribution in [0, 0.1) is 6.92 Å². The Labute approximate surface area is 187 Å².